The average molecular weight is 306 g/mol. The van der Waals surface area contributed by atoms with Crippen LogP contribution in [-0.4, -0.2) is 25.2 Å². The number of hydrogen-bond acceptors (Lipinski definition) is 4. The topological polar surface area (TPSA) is 82.0 Å². The maximum atomic E-state index is 9.89. The molecule has 2 aromatic heterocycles. The number of phenolic OH excluding ortho intramolecular Hbond substituents is 2. The maximum Gasteiger partial charge on any atom is 0.157 e. The minimum atomic E-state index is -0.00638. The van der Waals surface area contributed by atoms with E-state index in [9.17, 15) is 10.2 Å². The van der Waals surface area contributed by atoms with Crippen LogP contribution in [0.4, 0.5) is 0 Å². The highest BCUT2D eigenvalue weighted by Gasteiger charge is 2.15. The van der Waals surface area contributed by atoms with Crippen LogP contribution in [0.3, 0.4) is 0 Å². The lowest BCUT2D eigenvalue weighted by Gasteiger charge is -1.99. The van der Waals surface area contributed by atoms with Gasteiger partial charge in [0.25, 0.3) is 0 Å². The van der Waals surface area contributed by atoms with Gasteiger partial charge in [0.1, 0.15) is 22.5 Å². The predicted molar refractivity (Wildman–Crippen MR) is 70.4 cm³/mol. The standard InChI is InChI=1S/C12H8BrN3O2/c13-6-5-8(17)9-10(11(6)18)16-12(15-9)7-3-1-2-4-14-7/h1-5,17-18H,(H,15,16). The molecule has 6 heteroatoms. The zero-order valence-corrected chi connectivity index (χ0v) is 10.6. The van der Waals surface area contributed by atoms with Crippen molar-refractivity contribution in [3.05, 3.63) is 34.9 Å². The van der Waals surface area contributed by atoms with Gasteiger partial charge in [-0.2, -0.15) is 0 Å². The Morgan fingerprint density at radius 1 is 1.22 bits per heavy atom. The quantitative estimate of drug-likeness (QED) is 0.604. The molecule has 3 N–H and O–H groups in total. The third-order valence-electron chi connectivity index (χ3n) is 2.58. The summed E-state index contributed by atoms with van der Waals surface area (Å²) in [5.41, 5.74) is 1.34. The molecule has 0 radical (unpaired) electrons. The molecule has 0 aliphatic rings. The molecule has 3 aromatic rings. The van der Waals surface area contributed by atoms with Crippen LogP contribution in [0.25, 0.3) is 22.6 Å². The van der Waals surface area contributed by atoms with Gasteiger partial charge in [0.2, 0.25) is 0 Å². The van der Waals surface area contributed by atoms with Gasteiger partial charge in [-0.1, -0.05) is 6.07 Å². The van der Waals surface area contributed by atoms with E-state index in [1.54, 1.807) is 18.3 Å². The largest absolute Gasteiger partial charge is 0.506 e. The number of aromatic nitrogens is 3. The lowest BCUT2D eigenvalue weighted by atomic mass is 10.3. The Labute approximate surface area is 110 Å². The molecule has 0 saturated heterocycles. The first kappa shape index (κ1) is 11.0. The van der Waals surface area contributed by atoms with E-state index in [1.807, 2.05) is 6.07 Å². The fourth-order valence-corrected chi connectivity index (χ4v) is 2.15. The summed E-state index contributed by atoms with van der Waals surface area (Å²) in [4.78, 5) is 11.3. The Morgan fingerprint density at radius 2 is 2.06 bits per heavy atom. The van der Waals surface area contributed by atoms with Crippen LogP contribution in [0.5, 0.6) is 11.5 Å². The van der Waals surface area contributed by atoms with E-state index in [0.29, 0.717) is 27.0 Å². The van der Waals surface area contributed by atoms with Gasteiger partial charge in [-0.15, -0.1) is 0 Å². The second kappa shape index (κ2) is 3.99. The number of phenols is 2. The summed E-state index contributed by atoms with van der Waals surface area (Å²) in [7, 11) is 0. The first-order chi connectivity index (χ1) is 8.66. The van der Waals surface area contributed by atoms with Crippen LogP contribution >= 0.6 is 15.9 Å². The summed E-state index contributed by atoms with van der Waals surface area (Å²) >= 11 is 3.16. The molecular weight excluding hydrogens is 298 g/mol. The molecule has 0 aliphatic carbocycles. The van der Waals surface area contributed by atoms with Gasteiger partial charge < -0.3 is 15.2 Å². The van der Waals surface area contributed by atoms with Crippen molar-refractivity contribution in [2.45, 2.75) is 0 Å². The third-order valence-corrected chi connectivity index (χ3v) is 3.18. The van der Waals surface area contributed by atoms with Crippen LogP contribution in [0.2, 0.25) is 0 Å². The summed E-state index contributed by atoms with van der Waals surface area (Å²) in [6.07, 6.45) is 1.65. The average Bonchev–Trinajstić information content (AvgIpc) is 2.83. The Bertz CT molecular complexity index is 725. The van der Waals surface area contributed by atoms with Crippen LogP contribution < -0.4 is 0 Å². The second-order valence-electron chi connectivity index (χ2n) is 3.75. The molecule has 0 bridgehead atoms. The molecule has 0 saturated carbocycles. The second-order valence-corrected chi connectivity index (χ2v) is 4.60. The highest BCUT2D eigenvalue weighted by atomic mass is 79.9. The number of fused-ring (bicyclic) bond motifs is 1. The molecule has 0 unspecified atom stereocenters. The van der Waals surface area contributed by atoms with E-state index in [4.69, 9.17) is 0 Å². The maximum absolute atomic E-state index is 9.89. The fraction of sp³-hybridized carbons (Fsp3) is 0. The number of benzene rings is 1. The first-order valence-electron chi connectivity index (χ1n) is 5.18. The van der Waals surface area contributed by atoms with Crippen LogP contribution in [0.1, 0.15) is 0 Å². The smallest absolute Gasteiger partial charge is 0.157 e. The molecule has 18 heavy (non-hydrogen) atoms. The Morgan fingerprint density at radius 3 is 2.78 bits per heavy atom. The number of aromatic hydroxyl groups is 2. The molecule has 0 atom stereocenters. The minimum Gasteiger partial charge on any atom is -0.506 e. The van der Waals surface area contributed by atoms with Crippen molar-refractivity contribution < 1.29 is 10.2 Å². The van der Waals surface area contributed by atoms with Crippen molar-refractivity contribution in [1.82, 2.24) is 15.0 Å². The SMILES string of the molecule is Oc1cc(Br)c(O)c2[nH]c(-c3ccccn3)nc12. The highest BCUT2D eigenvalue weighted by Crippen LogP contribution is 2.37. The molecule has 0 fully saturated rings. The predicted octanol–water partition coefficient (Wildman–Crippen LogP) is 2.80. The Kier molecular flexibility index (Phi) is 2.45. The highest BCUT2D eigenvalue weighted by molar-refractivity contribution is 9.10. The van der Waals surface area contributed by atoms with Gasteiger partial charge in [0, 0.05) is 12.3 Å². The molecule has 90 valence electrons. The van der Waals surface area contributed by atoms with Gasteiger partial charge in [-0.25, -0.2) is 4.98 Å². The lowest BCUT2D eigenvalue weighted by Crippen LogP contribution is -1.83. The number of halogens is 1. The number of aromatic amines is 1. The molecule has 5 nitrogen and oxygen atoms in total. The van der Waals surface area contributed by atoms with Gasteiger partial charge in [-0.3, -0.25) is 4.98 Å². The van der Waals surface area contributed by atoms with Crippen LogP contribution in [0.15, 0.2) is 34.9 Å². The Hall–Kier alpha value is -2.08. The normalized spacial score (nSPS) is 10.9. The summed E-state index contributed by atoms with van der Waals surface area (Å²) in [5.74, 6) is 0.500. The van der Waals surface area contributed by atoms with E-state index in [2.05, 4.69) is 30.9 Å². The van der Waals surface area contributed by atoms with Crippen LogP contribution in [0, 0.1) is 0 Å². The summed E-state index contributed by atoms with van der Waals surface area (Å²) in [6.45, 7) is 0. The van der Waals surface area contributed by atoms with Crippen molar-refractivity contribution in [2.24, 2.45) is 0 Å². The van der Waals surface area contributed by atoms with Crippen molar-refractivity contribution in [1.29, 1.82) is 0 Å². The number of hydrogen-bond donors (Lipinski definition) is 3. The number of imidazole rings is 1. The summed E-state index contributed by atoms with van der Waals surface area (Å²) < 4.78 is 0.406. The van der Waals surface area contributed by atoms with E-state index in [1.165, 1.54) is 6.07 Å². The molecular formula is C12H8BrN3O2. The first-order valence-corrected chi connectivity index (χ1v) is 5.97. The molecule has 2 heterocycles. The van der Waals surface area contributed by atoms with E-state index < -0.39 is 0 Å². The van der Waals surface area contributed by atoms with Gasteiger partial charge >= 0.3 is 0 Å². The zero-order chi connectivity index (χ0) is 12.7. The molecule has 3 rings (SSSR count). The molecule has 0 amide bonds. The van der Waals surface area contributed by atoms with Crippen LogP contribution in [-0.2, 0) is 0 Å². The Balaban J connectivity index is 2.29. The van der Waals surface area contributed by atoms with Gasteiger partial charge in [0.15, 0.2) is 11.6 Å². The van der Waals surface area contributed by atoms with Crippen molar-refractivity contribution in [2.75, 3.05) is 0 Å². The van der Waals surface area contributed by atoms with Gasteiger partial charge in [0.05, 0.1) is 4.47 Å². The number of nitrogens with one attached hydrogen (secondary N) is 1. The van der Waals surface area contributed by atoms with Crippen molar-refractivity contribution in [3.63, 3.8) is 0 Å². The zero-order valence-electron chi connectivity index (χ0n) is 9.05. The minimum absolute atomic E-state index is 0.00638. The number of rotatable bonds is 1. The van der Waals surface area contributed by atoms with Gasteiger partial charge in [-0.05, 0) is 28.1 Å². The van der Waals surface area contributed by atoms with E-state index in [0.717, 1.165) is 0 Å². The summed E-state index contributed by atoms with van der Waals surface area (Å²) in [5, 5.41) is 19.7. The van der Waals surface area contributed by atoms with Crippen molar-refractivity contribution in [3.8, 4) is 23.0 Å². The summed E-state index contributed by atoms with van der Waals surface area (Å²) in [6, 6.07) is 6.84. The number of pyridine rings is 1. The number of H-pyrrole nitrogens is 1. The lowest BCUT2D eigenvalue weighted by molar-refractivity contribution is 0.465. The number of nitrogens with zero attached hydrogens (tertiary/aromatic N) is 2. The van der Waals surface area contributed by atoms with E-state index >= 15 is 0 Å². The molecule has 1 aromatic carbocycles. The van der Waals surface area contributed by atoms with Crippen molar-refractivity contribution >= 4 is 27.0 Å². The van der Waals surface area contributed by atoms with E-state index in [-0.39, 0.29) is 11.5 Å². The monoisotopic (exact) mass is 305 g/mol. The molecule has 0 aliphatic heterocycles. The fourth-order valence-electron chi connectivity index (χ4n) is 1.73. The molecule has 0 spiro atoms. The third kappa shape index (κ3) is 1.62.